The Balaban J connectivity index is 2.59. The lowest BCUT2D eigenvalue weighted by atomic mass is 10.2. The van der Waals surface area contributed by atoms with Gasteiger partial charge in [-0.1, -0.05) is 0 Å². The van der Waals surface area contributed by atoms with E-state index in [1.807, 2.05) is 0 Å². The van der Waals surface area contributed by atoms with Crippen LogP contribution in [0.4, 0.5) is 0 Å². The number of ether oxygens (including phenoxy) is 1. The molecule has 1 amide bonds. The van der Waals surface area contributed by atoms with Crippen LogP contribution in [0, 0.1) is 0 Å². The van der Waals surface area contributed by atoms with Crippen LogP contribution < -0.4 is 0 Å². The lowest BCUT2D eigenvalue weighted by Gasteiger charge is -2.21. The molecule has 0 aromatic rings. The highest BCUT2D eigenvalue weighted by Gasteiger charge is 2.34. The number of nitrogens with zero attached hydrogens (tertiary/aromatic N) is 1. The standard InChI is InChI=1S/C9H14ClNO3/c1-2-14-9(13)7-4-3-5-11(7)8(12)6-10/h7H,2-6H2,1H3/t7-/m0/s1. The van der Waals surface area contributed by atoms with Crippen molar-refractivity contribution in [3.8, 4) is 0 Å². The first-order valence-corrected chi connectivity index (χ1v) is 5.26. The van der Waals surface area contributed by atoms with E-state index in [1.165, 1.54) is 4.90 Å². The molecule has 4 nitrogen and oxygen atoms in total. The molecular formula is C9H14ClNO3. The Hall–Kier alpha value is -0.770. The highest BCUT2D eigenvalue weighted by Crippen LogP contribution is 2.18. The van der Waals surface area contributed by atoms with Gasteiger partial charge in [0.2, 0.25) is 5.91 Å². The second-order valence-corrected chi connectivity index (χ2v) is 3.40. The number of alkyl halides is 1. The summed E-state index contributed by atoms with van der Waals surface area (Å²) < 4.78 is 4.87. The van der Waals surface area contributed by atoms with E-state index in [4.69, 9.17) is 16.3 Å². The summed E-state index contributed by atoms with van der Waals surface area (Å²) in [5, 5.41) is 0. The molecule has 1 saturated heterocycles. The second-order valence-electron chi connectivity index (χ2n) is 3.13. The molecule has 1 aliphatic rings. The Morgan fingerprint density at radius 3 is 2.86 bits per heavy atom. The molecule has 0 aromatic heterocycles. The van der Waals surface area contributed by atoms with Crippen molar-refractivity contribution in [3.05, 3.63) is 0 Å². The topological polar surface area (TPSA) is 46.6 Å². The fourth-order valence-electron chi connectivity index (χ4n) is 1.63. The van der Waals surface area contributed by atoms with E-state index in [0.29, 0.717) is 19.6 Å². The minimum atomic E-state index is -0.416. The number of carbonyl (C=O) groups is 2. The van der Waals surface area contributed by atoms with Gasteiger partial charge in [-0.3, -0.25) is 4.79 Å². The van der Waals surface area contributed by atoms with Gasteiger partial charge in [-0.25, -0.2) is 4.79 Å². The highest BCUT2D eigenvalue weighted by molar-refractivity contribution is 6.27. The molecule has 1 rings (SSSR count). The fourth-order valence-corrected chi connectivity index (χ4v) is 1.78. The SMILES string of the molecule is CCOC(=O)[C@@H]1CCCN1C(=O)CCl. The van der Waals surface area contributed by atoms with Crippen LogP contribution in [0.2, 0.25) is 0 Å². The van der Waals surface area contributed by atoms with Crippen molar-refractivity contribution >= 4 is 23.5 Å². The van der Waals surface area contributed by atoms with E-state index >= 15 is 0 Å². The molecule has 1 fully saturated rings. The van der Waals surface area contributed by atoms with E-state index in [0.717, 1.165) is 6.42 Å². The zero-order chi connectivity index (χ0) is 10.6. The van der Waals surface area contributed by atoms with Crippen molar-refractivity contribution in [1.82, 2.24) is 4.90 Å². The van der Waals surface area contributed by atoms with E-state index in [1.54, 1.807) is 6.92 Å². The van der Waals surface area contributed by atoms with Gasteiger partial charge in [0.15, 0.2) is 0 Å². The van der Waals surface area contributed by atoms with Crippen LogP contribution >= 0.6 is 11.6 Å². The van der Waals surface area contributed by atoms with Crippen LogP contribution in [-0.2, 0) is 14.3 Å². The van der Waals surface area contributed by atoms with Crippen LogP contribution in [0.3, 0.4) is 0 Å². The van der Waals surface area contributed by atoms with Gasteiger partial charge in [0.1, 0.15) is 11.9 Å². The third-order valence-electron chi connectivity index (χ3n) is 2.25. The monoisotopic (exact) mass is 219 g/mol. The van der Waals surface area contributed by atoms with Crippen LogP contribution in [-0.4, -0.2) is 41.8 Å². The minimum Gasteiger partial charge on any atom is -0.464 e. The molecule has 0 bridgehead atoms. The first-order valence-electron chi connectivity index (χ1n) is 4.72. The molecule has 1 heterocycles. The van der Waals surface area contributed by atoms with Crippen LogP contribution in [0.15, 0.2) is 0 Å². The Morgan fingerprint density at radius 2 is 2.29 bits per heavy atom. The quantitative estimate of drug-likeness (QED) is 0.521. The summed E-state index contributed by atoms with van der Waals surface area (Å²) in [6, 6.07) is -0.416. The lowest BCUT2D eigenvalue weighted by Crippen LogP contribution is -2.42. The normalized spacial score (nSPS) is 21.0. The van der Waals surface area contributed by atoms with Crippen molar-refractivity contribution in [2.45, 2.75) is 25.8 Å². The number of amides is 1. The summed E-state index contributed by atoms with van der Waals surface area (Å²) in [6.45, 7) is 2.70. The molecule has 0 radical (unpaired) electrons. The largest absolute Gasteiger partial charge is 0.464 e. The maximum Gasteiger partial charge on any atom is 0.328 e. The van der Waals surface area contributed by atoms with Crippen LogP contribution in [0.25, 0.3) is 0 Å². The molecule has 5 heteroatoms. The Labute approximate surface area is 88.2 Å². The Kier molecular flexibility index (Phi) is 4.20. The van der Waals surface area contributed by atoms with Gasteiger partial charge in [-0.2, -0.15) is 0 Å². The Bertz CT molecular complexity index is 232. The number of likely N-dealkylation sites (tertiary alicyclic amines) is 1. The summed E-state index contributed by atoms with van der Waals surface area (Å²) in [5.41, 5.74) is 0. The second kappa shape index (κ2) is 5.20. The lowest BCUT2D eigenvalue weighted by molar-refractivity contribution is -0.152. The van der Waals surface area contributed by atoms with Crippen LogP contribution in [0.1, 0.15) is 19.8 Å². The van der Waals surface area contributed by atoms with Gasteiger partial charge < -0.3 is 9.64 Å². The average Bonchev–Trinajstić information content (AvgIpc) is 2.65. The van der Waals surface area contributed by atoms with E-state index in [-0.39, 0.29) is 17.8 Å². The summed E-state index contributed by atoms with van der Waals surface area (Å²) in [5.74, 6) is -0.582. The fraction of sp³-hybridized carbons (Fsp3) is 0.778. The summed E-state index contributed by atoms with van der Waals surface area (Å²) >= 11 is 5.44. The van der Waals surface area contributed by atoms with Gasteiger partial charge in [0, 0.05) is 6.54 Å². The molecule has 80 valence electrons. The highest BCUT2D eigenvalue weighted by atomic mass is 35.5. The summed E-state index contributed by atoms with van der Waals surface area (Å²) in [4.78, 5) is 24.2. The van der Waals surface area contributed by atoms with E-state index in [2.05, 4.69) is 0 Å². The van der Waals surface area contributed by atoms with Gasteiger partial charge in [0.05, 0.1) is 6.61 Å². The number of carbonyl (C=O) groups excluding carboxylic acids is 2. The van der Waals surface area contributed by atoms with Gasteiger partial charge in [-0.15, -0.1) is 11.6 Å². The molecule has 0 unspecified atom stereocenters. The van der Waals surface area contributed by atoms with Crippen molar-refractivity contribution < 1.29 is 14.3 Å². The maximum absolute atomic E-state index is 11.4. The number of hydrogen-bond donors (Lipinski definition) is 0. The third kappa shape index (κ3) is 2.38. The molecule has 14 heavy (non-hydrogen) atoms. The minimum absolute atomic E-state index is 0.0735. The van der Waals surface area contributed by atoms with Gasteiger partial charge >= 0.3 is 5.97 Å². The zero-order valence-corrected chi connectivity index (χ0v) is 8.92. The van der Waals surface area contributed by atoms with Crippen molar-refractivity contribution in [3.63, 3.8) is 0 Å². The first-order chi connectivity index (χ1) is 6.70. The molecule has 0 aromatic carbocycles. The molecule has 0 N–H and O–H groups in total. The van der Waals surface area contributed by atoms with Gasteiger partial charge in [-0.05, 0) is 19.8 Å². The zero-order valence-electron chi connectivity index (χ0n) is 8.16. The molecule has 1 aliphatic heterocycles. The van der Waals surface area contributed by atoms with Crippen molar-refractivity contribution in [2.75, 3.05) is 19.0 Å². The molecule has 0 aliphatic carbocycles. The van der Waals surface area contributed by atoms with E-state index in [9.17, 15) is 9.59 Å². The number of esters is 1. The van der Waals surface area contributed by atoms with Crippen LogP contribution in [0.5, 0.6) is 0 Å². The smallest absolute Gasteiger partial charge is 0.328 e. The molecular weight excluding hydrogens is 206 g/mol. The average molecular weight is 220 g/mol. The third-order valence-corrected chi connectivity index (χ3v) is 2.47. The van der Waals surface area contributed by atoms with Crippen molar-refractivity contribution in [2.24, 2.45) is 0 Å². The number of hydrogen-bond acceptors (Lipinski definition) is 3. The molecule has 0 saturated carbocycles. The summed E-state index contributed by atoms with van der Waals surface area (Å²) in [6.07, 6.45) is 1.52. The molecule has 0 spiro atoms. The Morgan fingerprint density at radius 1 is 1.57 bits per heavy atom. The summed E-state index contributed by atoms with van der Waals surface area (Å²) in [7, 11) is 0. The first kappa shape index (κ1) is 11.3. The van der Waals surface area contributed by atoms with E-state index < -0.39 is 6.04 Å². The predicted octanol–water partition coefficient (Wildman–Crippen LogP) is 0.779. The van der Waals surface area contributed by atoms with Crippen molar-refractivity contribution in [1.29, 1.82) is 0 Å². The number of rotatable bonds is 3. The number of halogens is 1. The maximum atomic E-state index is 11.4. The predicted molar refractivity (Wildman–Crippen MR) is 52.1 cm³/mol. The molecule has 1 atom stereocenters. The van der Waals surface area contributed by atoms with Gasteiger partial charge in [0.25, 0.3) is 0 Å².